The normalized spacial score (nSPS) is 13.9. The van der Waals surface area contributed by atoms with Crippen LogP contribution in [0.1, 0.15) is 60.8 Å². The lowest BCUT2D eigenvalue weighted by Gasteiger charge is -2.28. The zero-order valence-electron chi connectivity index (χ0n) is 11.9. The van der Waals surface area contributed by atoms with Crippen molar-refractivity contribution in [3.8, 4) is 0 Å². The third-order valence-corrected chi connectivity index (χ3v) is 2.97. The molecule has 0 rings (SSSR count). The van der Waals surface area contributed by atoms with Crippen LogP contribution in [-0.4, -0.2) is 12.5 Å². The Morgan fingerprint density at radius 3 is 2.25 bits per heavy atom. The number of carbonyl (C=O) groups is 1. The molecule has 0 radical (unpaired) electrons. The molecule has 0 bridgehead atoms. The lowest BCUT2D eigenvalue weighted by molar-refractivity contribution is -0.119. The molecule has 0 heterocycles. The third-order valence-electron chi connectivity index (χ3n) is 2.97. The molecule has 2 nitrogen and oxygen atoms in total. The standard InChI is InChI=1S/C14H29NO/c1-11(2)9-14(5,6)8-7-12(3)10-15-13(4)16/h11-12H,7-10H2,1-6H3,(H,15,16). The molecule has 0 fully saturated rings. The zero-order valence-corrected chi connectivity index (χ0v) is 11.9. The first-order valence-corrected chi connectivity index (χ1v) is 6.47. The topological polar surface area (TPSA) is 29.1 Å². The highest BCUT2D eigenvalue weighted by Gasteiger charge is 2.20. The predicted molar refractivity (Wildman–Crippen MR) is 70.3 cm³/mol. The van der Waals surface area contributed by atoms with Crippen molar-refractivity contribution >= 4 is 5.91 Å². The van der Waals surface area contributed by atoms with Crippen molar-refractivity contribution in [2.45, 2.75) is 60.8 Å². The minimum Gasteiger partial charge on any atom is -0.356 e. The lowest BCUT2D eigenvalue weighted by atomic mass is 9.78. The van der Waals surface area contributed by atoms with Gasteiger partial charge in [-0.15, -0.1) is 0 Å². The van der Waals surface area contributed by atoms with Gasteiger partial charge in [0.15, 0.2) is 0 Å². The predicted octanol–water partition coefficient (Wildman–Crippen LogP) is 3.61. The Morgan fingerprint density at radius 2 is 1.81 bits per heavy atom. The van der Waals surface area contributed by atoms with Crippen LogP contribution in [0.2, 0.25) is 0 Å². The summed E-state index contributed by atoms with van der Waals surface area (Å²) in [6, 6.07) is 0. The highest BCUT2D eigenvalue weighted by atomic mass is 16.1. The summed E-state index contributed by atoms with van der Waals surface area (Å²) in [7, 11) is 0. The summed E-state index contributed by atoms with van der Waals surface area (Å²) in [6.07, 6.45) is 3.71. The molecule has 1 N–H and O–H groups in total. The summed E-state index contributed by atoms with van der Waals surface area (Å²) in [4.78, 5) is 10.8. The number of nitrogens with one attached hydrogen (secondary N) is 1. The first kappa shape index (κ1) is 15.5. The quantitative estimate of drug-likeness (QED) is 0.707. The number of rotatable bonds is 7. The number of hydrogen-bond acceptors (Lipinski definition) is 1. The molecule has 1 unspecified atom stereocenters. The zero-order chi connectivity index (χ0) is 12.8. The van der Waals surface area contributed by atoms with E-state index < -0.39 is 0 Å². The van der Waals surface area contributed by atoms with Gasteiger partial charge in [-0.3, -0.25) is 4.79 Å². The number of hydrogen-bond donors (Lipinski definition) is 1. The minimum atomic E-state index is 0.0771. The van der Waals surface area contributed by atoms with Gasteiger partial charge in [-0.05, 0) is 36.5 Å². The lowest BCUT2D eigenvalue weighted by Crippen LogP contribution is -2.26. The number of amides is 1. The van der Waals surface area contributed by atoms with Crippen LogP contribution < -0.4 is 5.32 Å². The molecule has 0 saturated carbocycles. The summed E-state index contributed by atoms with van der Waals surface area (Å²) in [5.41, 5.74) is 0.429. The van der Waals surface area contributed by atoms with E-state index in [-0.39, 0.29) is 5.91 Å². The van der Waals surface area contributed by atoms with Crippen molar-refractivity contribution < 1.29 is 4.79 Å². The summed E-state index contributed by atoms with van der Waals surface area (Å²) < 4.78 is 0. The van der Waals surface area contributed by atoms with E-state index in [0.29, 0.717) is 11.3 Å². The van der Waals surface area contributed by atoms with Crippen LogP contribution in [0.4, 0.5) is 0 Å². The molecule has 1 amide bonds. The van der Waals surface area contributed by atoms with E-state index in [9.17, 15) is 4.79 Å². The second-order valence-corrected chi connectivity index (χ2v) is 6.34. The van der Waals surface area contributed by atoms with Gasteiger partial charge < -0.3 is 5.32 Å². The fourth-order valence-electron chi connectivity index (χ4n) is 2.26. The van der Waals surface area contributed by atoms with Crippen molar-refractivity contribution in [3.63, 3.8) is 0 Å². The first-order valence-electron chi connectivity index (χ1n) is 6.47. The Hall–Kier alpha value is -0.530. The SMILES string of the molecule is CC(=O)NCC(C)CCC(C)(C)CC(C)C. The van der Waals surface area contributed by atoms with Crippen LogP contribution in [0.25, 0.3) is 0 Å². The fraction of sp³-hybridized carbons (Fsp3) is 0.929. The monoisotopic (exact) mass is 227 g/mol. The maximum absolute atomic E-state index is 10.8. The number of carbonyl (C=O) groups excluding carboxylic acids is 1. The molecular weight excluding hydrogens is 198 g/mol. The Bertz CT molecular complexity index is 209. The molecule has 0 saturated heterocycles. The average Bonchev–Trinajstić information content (AvgIpc) is 2.09. The van der Waals surface area contributed by atoms with E-state index in [1.54, 1.807) is 6.92 Å². The molecule has 1 atom stereocenters. The van der Waals surface area contributed by atoms with Crippen molar-refractivity contribution in [2.24, 2.45) is 17.3 Å². The van der Waals surface area contributed by atoms with Gasteiger partial charge in [0.25, 0.3) is 0 Å². The smallest absolute Gasteiger partial charge is 0.216 e. The Balaban J connectivity index is 3.80. The molecule has 0 aromatic heterocycles. The molecule has 96 valence electrons. The first-order chi connectivity index (χ1) is 7.23. The van der Waals surface area contributed by atoms with E-state index in [1.165, 1.54) is 19.3 Å². The largest absolute Gasteiger partial charge is 0.356 e. The van der Waals surface area contributed by atoms with E-state index in [0.717, 1.165) is 12.5 Å². The molecule has 0 aliphatic rings. The fourth-order valence-corrected chi connectivity index (χ4v) is 2.26. The second kappa shape index (κ2) is 6.93. The van der Waals surface area contributed by atoms with E-state index >= 15 is 0 Å². The summed E-state index contributed by atoms with van der Waals surface area (Å²) >= 11 is 0. The summed E-state index contributed by atoms with van der Waals surface area (Å²) in [5.74, 6) is 1.42. The van der Waals surface area contributed by atoms with Gasteiger partial charge in [0.05, 0.1) is 0 Å². The van der Waals surface area contributed by atoms with Gasteiger partial charge in [-0.2, -0.15) is 0 Å². The van der Waals surface area contributed by atoms with Crippen LogP contribution in [0, 0.1) is 17.3 Å². The molecule has 2 heteroatoms. The van der Waals surface area contributed by atoms with Gasteiger partial charge in [-0.1, -0.05) is 34.6 Å². The Labute approximate surface area is 101 Å². The molecule has 0 aliphatic carbocycles. The van der Waals surface area contributed by atoms with E-state index in [2.05, 4.69) is 39.9 Å². The van der Waals surface area contributed by atoms with E-state index in [1.807, 2.05) is 0 Å². The van der Waals surface area contributed by atoms with Crippen molar-refractivity contribution in [3.05, 3.63) is 0 Å². The maximum Gasteiger partial charge on any atom is 0.216 e. The van der Waals surface area contributed by atoms with Gasteiger partial charge in [0.2, 0.25) is 5.91 Å². The highest BCUT2D eigenvalue weighted by molar-refractivity contribution is 5.72. The van der Waals surface area contributed by atoms with Crippen LogP contribution in [0.5, 0.6) is 0 Å². The highest BCUT2D eigenvalue weighted by Crippen LogP contribution is 2.31. The van der Waals surface area contributed by atoms with Gasteiger partial charge >= 0.3 is 0 Å². The van der Waals surface area contributed by atoms with Gasteiger partial charge in [-0.25, -0.2) is 0 Å². The maximum atomic E-state index is 10.8. The second-order valence-electron chi connectivity index (χ2n) is 6.34. The van der Waals surface area contributed by atoms with Crippen molar-refractivity contribution in [2.75, 3.05) is 6.54 Å². The summed E-state index contributed by atoms with van der Waals surface area (Å²) in [6.45, 7) is 13.9. The van der Waals surface area contributed by atoms with Gasteiger partial charge in [0.1, 0.15) is 0 Å². The van der Waals surface area contributed by atoms with Crippen LogP contribution in [-0.2, 0) is 4.79 Å². The Kier molecular flexibility index (Phi) is 6.70. The summed E-state index contributed by atoms with van der Waals surface area (Å²) in [5, 5.41) is 2.88. The van der Waals surface area contributed by atoms with Crippen molar-refractivity contribution in [1.29, 1.82) is 0 Å². The third kappa shape index (κ3) is 8.75. The molecule has 0 aromatic carbocycles. The Morgan fingerprint density at radius 1 is 1.25 bits per heavy atom. The molecule has 0 aromatic rings. The molecule has 0 aliphatic heterocycles. The van der Waals surface area contributed by atoms with Crippen LogP contribution >= 0.6 is 0 Å². The van der Waals surface area contributed by atoms with Crippen molar-refractivity contribution in [1.82, 2.24) is 5.32 Å². The average molecular weight is 227 g/mol. The van der Waals surface area contributed by atoms with Crippen LogP contribution in [0.3, 0.4) is 0 Å². The minimum absolute atomic E-state index is 0.0771. The van der Waals surface area contributed by atoms with Gasteiger partial charge in [0, 0.05) is 13.5 Å². The molecule has 0 spiro atoms. The van der Waals surface area contributed by atoms with E-state index in [4.69, 9.17) is 0 Å². The molecule has 16 heavy (non-hydrogen) atoms. The molecular formula is C14H29NO. The van der Waals surface area contributed by atoms with Crippen LogP contribution in [0.15, 0.2) is 0 Å².